The lowest BCUT2D eigenvalue weighted by Gasteiger charge is -2.08. The van der Waals surface area contributed by atoms with E-state index >= 15 is 0 Å². The molecule has 19 heavy (non-hydrogen) atoms. The number of amides is 1. The standard InChI is InChI=1S/C12H20N4O2S/c1-2-6-14-12-16-15-11(19-12)10(17)13-7-5-9-4-3-8-18-9/h9H,2-8H2,1H3,(H,13,17)(H,14,16). The molecule has 2 heterocycles. The summed E-state index contributed by atoms with van der Waals surface area (Å²) in [6, 6.07) is 0. The highest BCUT2D eigenvalue weighted by molar-refractivity contribution is 7.17. The van der Waals surface area contributed by atoms with Gasteiger partial charge in [-0.1, -0.05) is 18.3 Å². The Labute approximate surface area is 116 Å². The Bertz CT molecular complexity index is 404. The van der Waals surface area contributed by atoms with Gasteiger partial charge in [0.15, 0.2) is 0 Å². The van der Waals surface area contributed by atoms with E-state index in [1.807, 2.05) is 0 Å². The van der Waals surface area contributed by atoms with E-state index in [4.69, 9.17) is 4.74 Å². The third-order valence-corrected chi connectivity index (χ3v) is 3.80. The van der Waals surface area contributed by atoms with Crippen LogP contribution in [-0.4, -0.2) is 41.9 Å². The molecule has 1 atom stereocenters. The summed E-state index contributed by atoms with van der Waals surface area (Å²) in [6.07, 6.45) is 4.41. The third kappa shape index (κ3) is 4.43. The molecular formula is C12H20N4O2S. The summed E-state index contributed by atoms with van der Waals surface area (Å²) < 4.78 is 5.50. The minimum atomic E-state index is -0.153. The second-order valence-corrected chi connectivity index (χ2v) is 5.50. The fraction of sp³-hybridized carbons (Fsp3) is 0.750. The second kappa shape index (κ2) is 7.40. The number of rotatable bonds is 7. The number of ether oxygens (including phenoxy) is 1. The van der Waals surface area contributed by atoms with E-state index in [1.54, 1.807) is 0 Å². The van der Waals surface area contributed by atoms with Crippen molar-refractivity contribution >= 4 is 22.4 Å². The lowest BCUT2D eigenvalue weighted by atomic mass is 10.2. The molecule has 2 N–H and O–H groups in total. The maximum atomic E-state index is 11.8. The van der Waals surface area contributed by atoms with Gasteiger partial charge in [-0.2, -0.15) is 0 Å². The van der Waals surface area contributed by atoms with Gasteiger partial charge in [-0.25, -0.2) is 0 Å². The first-order valence-corrected chi connectivity index (χ1v) is 7.58. The Balaban J connectivity index is 1.71. The number of aromatic nitrogens is 2. The minimum absolute atomic E-state index is 0.153. The number of hydrogen-bond donors (Lipinski definition) is 2. The van der Waals surface area contributed by atoms with Crippen molar-refractivity contribution in [1.82, 2.24) is 15.5 Å². The molecule has 1 aromatic rings. The zero-order valence-corrected chi connectivity index (χ0v) is 12.0. The quantitative estimate of drug-likeness (QED) is 0.796. The van der Waals surface area contributed by atoms with Crippen LogP contribution in [0.4, 0.5) is 5.13 Å². The first-order valence-electron chi connectivity index (χ1n) is 6.76. The van der Waals surface area contributed by atoms with Crippen LogP contribution in [0.1, 0.15) is 42.4 Å². The molecule has 0 spiro atoms. The first-order chi connectivity index (χ1) is 9.29. The second-order valence-electron chi connectivity index (χ2n) is 4.52. The van der Waals surface area contributed by atoms with Crippen LogP contribution in [0.2, 0.25) is 0 Å². The molecule has 7 heteroatoms. The molecule has 1 aromatic heterocycles. The van der Waals surface area contributed by atoms with Gasteiger partial charge < -0.3 is 15.4 Å². The minimum Gasteiger partial charge on any atom is -0.378 e. The van der Waals surface area contributed by atoms with Gasteiger partial charge in [0.05, 0.1) is 6.10 Å². The van der Waals surface area contributed by atoms with Gasteiger partial charge in [-0.15, -0.1) is 10.2 Å². The number of carbonyl (C=O) groups is 1. The molecule has 1 saturated heterocycles. The summed E-state index contributed by atoms with van der Waals surface area (Å²) in [5, 5.41) is 14.9. The number of hydrogen-bond acceptors (Lipinski definition) is 6. The van der Waals surface area contributed by atoms with Crippen LogP contribution in [0.3, 0.4) is 0 Å². The molecule has 0 saturated carbocycles. The number of carbonyl (C=O) groups excluding carboxylic acids is 1. The molecule has 1 aliphatic rings. The summed E-state index contributed by atoms with van der Waals surface area (Å²) in [7, 11) is 0. The van der Waals surface area contributed by atoms with Crippen molar-refractivity contribution in [2.75, 3.05) is 25.0 Å². The van der Waals surface area contributed by atoms with Crippen LogP contribution >= 0.6 is 11.3 Å². The molecule has 0 aromatic carbocycles. The Morgan fingerprint density at radius 2 is 2.37 bits per heavy atom. The Kier molecular flexibility index (Phi) is 5.53. The summed E-state index contributed by atoms with van der Waals surface area (Å²) in [5.41, 5.74) is 0. The van der Waals surface area contributed by atoms with E-state index in [0.29, 0.717) is 22.8 Å². The fourth-order valence-corrected chi connectivity index (χ4v) is 2.60. The van der Waals surface area contributed by atoms with E-state index in [2.05, 4.69) is 27.8 Å². The van der Waals surface area contributed by atoms with Gasteiger partial charge in [0.1, 0.15) is 0 Å². The average Bonchev–Trinajstić information content (AvgIpc) is 3.07. The van der Waals surface area contributed by atoms with Crippen molar-refractivity contribution in [2.45, 2.75) is 38.7 Å². The Morgan fingerprint density at radius 3 is 3.11 bits per heavy atom. The molecule has 1 amide bonds. The van der Waals surface area contributed by atoms with E-state index in [0.717, 1.165) is 38.8 Å². The van der Waals surface area contributed by atoms with Crippen LogP contribution in [-0.2, 0) is 4.74 Å². The molecule has 0 radical (unpaired) electrons. The molecular weight excluding hydrogens is 264 g/mol. The van der Waals surface area contributed by atoms with Gasteiger partial charge >= 0.3 is 0 Å². The van der Waals surface area contributed by atoms with Gasteiger partial charge in [0, 0.05) is 19.7 Å². The van der Waals surface area contributed by atoms with Gasteiger partial charge in [-0.3, -0.25) is 4.79 Å². The molecule has 106 valence electrons. The fourth-order valence-electron chi connectivity index (χ4n) is 1.91. The van der Waals surface area contributed by atoms with Crippen molar-refractivity contribution in [1.29, 1.82) is 0 Å². The Hall–Kier alpha value is -1.21. The molecule has 1 fully saturated rings. The molecule has 0 bridgehead atoms. The summed E-state index contributed by atoms with van der Waals surface area (Å²) in [5.74, 6) is -0.153. The zero-order valence-electron chi connectivity index (χ0n) is 11.1. The van der Waals surface area contributed by atoms with Crippen LogP contribution in [0.5, 0.6) is 0 Å². The van der Waals surface area contributed by atoms with Crippen molar-refractivity contribution in [3.8, 4) is 0 Å². The molecule has 1 unspecified atom stereocenters. The Morgan fingerprint density at radius 1 is 1.47 bits per heavy atom. The zero-order chi connectivity index (χ0) is 13.5. The highest BCUT2D eigenvalue weighted by Crippen LogP contribution is 2.16. The van der Waals surface area contributed by atoms with Gasteiger partial charge in [0.25, 0.3) is 5.91 Å². The van der Waals surface area contributed by atoms with E-state index in [-0.39, 0.29) is 5.91 Å². The van der Waals surface area contributed by atoms with Crippen molar-refractivity contribution in [3.63, 3.8) is 0 Å². The SMILES string of the molecule is CCCNc1nnc(C(=O)NCCC2CCCO2)s1. The highest BCUT2D eigenvalue weighted by atomic mass is 32.1. The lowest BCUT2D eigenvalue weighted by molar-refractivity contribution is 0.0906. The maximum absolute atomic E-state index is 11.8. The summed E-state index contributed by atoms with van der Waals surface area (Å²) >= 11 is 1.29. The number of anilines is 1. The number of nitrogens with one attached hydrogen (secondary N) is 2. The van der Waals surface area contributed by atoms with Crippen molar-refractivity contribution in [3.05, 3.63) is 5.01 Å². The predicted molar refractivity (Wildman–Crippen MR) is 74.6 cm³/mol. The molecule has 0 aliphatic carbocycles. The largest absolute Gasteiger partial charge is 0.378 e. The van der Waals surface area contributed by atoms with E-state index in [9.17, 15) is 4.79 Å². The average molecular weight is 284 g/mol. The van der Waals surface area contributed by atoms with Crippen LogP contribution in [0, 0.1) is 0 Å². The highest BCUT2D eigenvalue weighted by Gasteiger charge is 2.16. The monoisotopic (exact) mass is 284 g/mol. The van der Waals surface area contributed by atoms with Crippen LogP contribution in [0.25, 0.3) is 0 Å². The van der Waals surface area contributed by atoms with Crippen molar-refractivity contribution in [2.24, 2.45) is 0 Å². The first kappa shape index (κ1) is 14.2. The lowest BCUT2D eigenvalue weighted by Crippen LogP contribution is -2.26. The van der Waals surface area contributed by atoms with Gasteiger partial charge in [0.2, 0.25) is 10.1 Å². The van der Waals surface area contributed by atoms with Gasteiger partial charge in [-0.05, 0) is 25.7 Å². The van der Waals surface area contributed by atoms with E-state index in [1.165, 1.54) is 11.3 Å². The molecule has 1 aliphatic heterocycles. The third-order valence-electron chi connectivity index (χ3n) is 2.92. The smallest absolute Gasteiger partial charge is 0.282 e. The maximum Gasteiger partial charge on any atom is 0.282 e. The van der Waals surface area contributed by atoms with Crippen LogP contribution < -0.4 is 10.6 Å². The summed E-state index contributed by atoms with van der Waals surface area (Å²) in [4.78, 5) is 11.8. The topological polar surface area (TPSA) is 76.1 Å². The van der Waals surface area contributed by atoms with E-state index < -0.39 is 0 Å². The van der Waals surface area contributed by atoms with Crippen molar-refractivity contribution < 1.29 is 9.53 Å². The predicted octanol–water partition coefficient (Wildman–Crippen LogP) is 1.66. The molecule has 6 nitrogen and oxygen atoms in total. The normalized spacial score (nSPS) is 18.5. The summed E-state index contributed by atoms with van der Waals surface area (Å²) in [6.45, 7) is 4.39. The number of nitrogens with zero attached hydrogens (tertiary/aromatic N) is 2. The molecule has 2 rings (SSSR count). The van der Waals surface area contributed by atoms with Crippen LogP contribution in [0.15, 0.2) is 0 Å².